The minimum Gasteiger partial charge on any atom is -0.469 e. The summed E-state index contributed by atoms with van der Waals surface area (Å²) in [7, 11) is 0. The van der Waals surface area contributed by atoms with Crippen molar-refractivity contribution in [1.82, 2.24) is 14.7 Å². The molecule has 3 heterocycles. The van der Waals surface area contributed by atoms with Crippen LogP contribution in [-0.2, 0) is 17.8 Å². The van der Waals surface area contributed by atoms with E-state index in [4.69, 9.17) is 4.42 Å². The van der Waals surface area contributed by atoms with Gasteiger partial charge in [-0.1, -0.05) is 0 Å². The summed E-state index contributed by atoms with van der Waals surface area (Å²) in [6, 6.07) is 4.05. The molecule has 0 radical (unpaired) electrons. The maximum absolute atomic E-state index is 12.6. The fourth-order valence-corrected chi connectivity index (χ4v) is 3.13. The molecule has 118 valence electrons. The molecule has 0 aromatic carbocycles. The van der Waals surface area contributed by atoms with Gasteiger partial charge in [-0.25, -0.2) is 0 Å². The number of hydrogen-bond donors (Lipinski definition) is 0. The smallest absolute Gasteiger partial charge is 0.223 e. The fraction of sp³-hybridized carbons (Fsp3) is 0.529. The molecule has 2 aromatic rings. The number of furan rings is 1. The lowest BCUT2D eigenvalue weighted by molar-refractivity contribution is -0.135. The lowest BCUT2D eigenvalue weighted by atomic mass is 10.0. The molecule has 22 heavy (non-hydrogen) atoms. The number of nitrogens with zero attached hydrogens (tertiary/aromatic N) is 3. The van der Waals surface area contributed by atoms with Gasteiger partial charge in [-0.15, -0.1) is 0 Å². The van der Waals surface area contributed by atoms with Gasteiger partial charge in [0.2, 0.25) is 5.91 Å². The molecular formula is C17H23N3O2. The highest BCUT2D eigenvalue weighted by molar-refractivity contribution is 5.76. The van der Waals surface area contributed by atoms with Gasteiger partial charge >= 0.3 is 0 Å². The number of aromatic nitrogens is 2. The van der Waals surface area contributed by atoms with Gasteiger partial charge in [0.05, 0.1) is 25.0 Å². The fourth-order valence-electron chi connectivity index (χ4n) is 3.13. The molecule has 0 aliphatic carbocycles. The van der Waals surface area contributed by atoms with E-state index in [-0.39, 0.29) is 11.9 Å². The summed E-state index contributed by atoms with van der Waals surface area (Å²) in [5.41, 5.74) is 1.16. The minimum atomic E-state index is 0.227. The Bertz CT molecular complexity index is 603. The largest absolute Gasteiger partial charge is 0.469 e. The summed E-state index contributed by atoms with van der Waals surface area (Å²) in [6.45, 7) is 3.69. The van der Waals surface area contributed by atoms with Gasteiger partial charge in [0.15, 0.2) is 0 Å². The van der Waals surface area contributed by atoms with Crippen LogP contribution < -0.4 is 0 Å². The molecule has 1 amide bonds. The Labute approximate surface area is 130 Å². The summed E-state index contributed by atoms with van der Waals surface area (Å²) < 4.78 is 7.27. The normalized spacial score (nSPS) is 18.6. The third-order valence-corrected chi connectivity index (χ3v) is 4.27. The van der Waals surface area contributed by atoms with Crippen molar-refractivity contribution in [3.05, 3.63) is 42.1 Å². The number of amides is 1. The van der Waals surface area contributed by atoms with Gasteiger partial charge in [0.25, 0.3) is 0 Å². The van der Waals surface area contributed by atoms with Crippen molar-refractivity contribution in [3.63, 3.8) is 0 Å². The molecule has 0 N–H and O–H groups in total. The average Bonchev–Trinajstić information content (AvgIpc) is 3.17. The summed E-state index contributed by atoms with van der Waals surface area (Å²) in [6.07, 6.45) is 10.1. The highest BCUT2D eigenvalue weighted by atomic mass is 16.3. The van der Waals surface area contributed by atoms with Crippen LogP contribution in [0.1, 0.15) is 37.0 Å². The van der Waals surface area contributed by atoms with E-state index in [2.05, 4.69) is 5.10 Å². The molecule has 0 bridgehead atoms. The highest BCUT2D eigenvalue weighted by Gasteiger charge is 2.26. The first-order chi connectivity index (χ1) is 10.7. The first-order valence-electron chi connectivity index (χ1n) is 8.03. The summed E-state index contributed by atoms with van der Waals surface area (Å²) in [4.78, 5) is 14.6. The predicted octanol–water partition coefficient (Wildman–Crippen LogP) is 2.80. The number of hydrogen-bond acceptors (Lipinski definition) is 3. The first-order valence-corrected chi connectivity index (χ1v) is 8.03. The number of piperidine rings is 1. The van der Waals surface area contributed by atoms with Crippen LogP contribution in [0.15, 0.2) is 35.2 Å². The second kappa shape index (κ2) is 6.81. The average molecular weight is 301 g/mol. The van der Waals surface area contributed by atoms with Crippen molar-refractivity contribution in [2.24, 2.45) is 0 Å². The van der Waals surface area contributed by atoms with Crippen LogP contribution >= 0.6 is 0 Å². The van der Waals surface area contributed by atoms with Crippen LogP contribution in [0.2, 0.25) is 0 Å². The third kappa shape index (κ3) is 3.59. The predicted molar refractivity (Wildman–Crippen MR) is 83.3 cm³/mol. The zero-order chi connectivity index (χ0) is 15.4. The monoisotopic (exact) mass is 301 g/mol. The quantitative estimate of drug-likeness (QED) is 0.853. The molecule has 0 unspecified atom stereocenters. The molecule has 0 spiro atoms. The number of likely N-dealkylation sites (tertiary alicyclic amines) is 1. The first kappa shape index (κ1) is 14.9. The third-order valence-electron chi connectivity index (χ3n) is 4.27. The maximum atomic E-state index is 12.6. The van der Waals surface area contributed by atoms with E-state index >= 15 is 0 Å². The van der Waals surface area contributed by atoms with Crippen molar-refractivity contribution in [1.29, 1.82) is 0 Å². The number of carbonyl (C=O) groups is 1. The van der Waals surface area contributed by atoms with Gasteiger partial charge < -0.3 is 9.32 Å². The lowest BCUT2D eigenvalue weighted by Crippen LogP contribution is -2.46. The second-order valence-corrected chi connectivity index (χ2v) is 6.06. The molecule has 1 aliphatic heterocycles. The van der Waals surface area contributed by atoms with Crippen molar-refractivity contribution in [3.8, 4) is 0 Å². The van der Waals surface area contributed by atoms with Gasteiger partial charge in [-0.2, -0.15) is 5.10 Å². The van der Waals surface area contributed by atoms with Gasteiger partial charge in [0.1, 0.15) is 5.76 Å². The molecule has 2 aromatic heterocycles. The Morgan fingerprint density at radius 3 is 3.09 bits per heavy atom. The van der Waals surface area contributed by atoms with E-state index in [0.717, 1.165) is 37.3 Å². The highest BCUT2D eigenvalue weighted by Crippen LogP contribution is 2.20. The van der Waals surface area contributed by atoms with Gasteiger partial charge in [-0.05, 0) is 43.9 Å². The zero-order valence-corrected chi connectivity index (χ0v) is 13.1. The summed E-state index contributed by atoms with van der Waals surface area (Å²) in [5, 5.41) is 4.35. The molecule has 1 fully saturated rings. The van der Waals surface area contributed by atoms with Crippen LogP contribution in [0, 0.1) is 6.92 Å². The topological polar surface area (TPSA) is 51.3 Å². The Morgan fingerprint density at radius 1 is 1.45 bits per heavy atom. The van der Waals surface area contributed by atoms with E-state index in [1.54, 1.807) is 6.26 Å². The SMILES string of the molecule is Cc1cnn(C[C@H]2CCCCN2C(=O)CCc2ccco2)c1. The van der Waals surface area contributed by atoms with Crippen LogP contribution in [0.3, 0.4) is 0 Å². The van der Waals surface area contributed by atoms with Crippen LogP contribution in [0.25, 0.3) is 0 Å². The Hall–Kier alpha value is -2.04. The molecule has 1 atom stereocenters. The van der Waals surface area contributed by atoms with E-state index in [0.29, 0.717) is 12.8 Å². The summed E-state index contributed by atoms with van der Waals surface area (Å²) in [5.74, 6) is 1.11. The minimum absolute atomic E-state index is 0.227. The van der Waals surface area contributed by atoms with Crippen LogP contribution in [-0.4, -0.2) is 33.2 Å². The van der Waals surface area contributed by atoms with Crippen molar-refractivity contribution in [2.45, 2.75) is 51.6 Å². The summed E-state index contributed by atoms with van der Waals surface area (Å²) >= 11 is 0. The maximum Gasteiger partial charge on any atom is 0.223 e. The molecule has 5 heteroatoms. The van der Waals surface area contributed by atoms with Crippen LogP contribution in [0.4, 0.5) is 0 Å². The Kier molecular flexibility index (Phi) is 4.61. The lowest BCUT2D eigenvalue weighted by Gasteiger charge is -2.35. The molecule has 5 nitrogen and oxygen atoms in total. The standard InChI is InChI=1S/C17H23N3O2/c1-14-11-18-19(12-14)13-15-5-2-3-9-20(15)17(21)8-7-16-6-4-10-22-16/h4,6,10-12,15H,2-3,5,7-9,13H2,1H3/t15-/m1/s1. The number of aryl methyl sites for hydroxylation is 2. The number of carbonyl (C=O) groups excluding carboxylic acids is 1. The van der Waals surface area contributed by atoms with E-state index in [1.807, 2.05) is 41.0 Å². The second-order valence-electron chi connectivity index (χ2n) is 6.06. The van der Waals surface area contributed by atoms with Crippen molar-refractivity contribution >= 4 is 5.91 Å². The molecular weight excluding hydrogens is 278 g/mol. The van der Waals surface area contributed by atoms with Gasteiger partial charge in [-0.3, -0.25) is 9.48 Å². The molecule has 1 aliphatic rings. The van der Waals surface area contributed by atoms with Crippen molar-refractivity contribution < 1.29 is 9.21 Å². The van der Waals surface area contributed by atoms with Gasteiger partial charge in [0, 0.05) is 25.6 Å². The Balaban J connectivity index is 1.60. The number of rotatable bonds is 5. The molecule has 0 saturated carbocycles. The Morgan fingerprint density at radius 2 is 2.36 bits per heavy atom. The molecule has 1 saturated heterocycles. The van der Waals surface area contributed by atoms with Crippen LogP contribution in [0.5, 0.6) is 0 Å². The van der Waals surface area contributed by atoms with E-state index < -0.39 is 0 Å². The zero-order valence-electron chi connectivity index (χ0n) is 13.1. The van der Waals surface area contributed by atoms with Crippen molar-refractivity contribution in [2.75, 3.05) is 6.54 Å². The van der Waals surface area contributed by atoms with E-state index in [9.17, 15) is 4.79 Å². The van der Waals surface area contributed by atoms with E-state index in [1.165, 1.54) is 6.42 Å². The molecule has 3 rings (SSSR count).